The van der Waals surface area contributed by atoms with Crippen molar-refractivity contribution in [2.24, 2.45) is 5.92 Å². The first-order valence-electron chi connectivity index (χ1n) is 10.2. The van der Waals surface area contributed by atoms with Crippen molar-refractivity contribution in [3.63, 3.8) is 0 Å². The van der Waals surface area contributed by atoms with E-state index in [0.29, 0.717) is 36.0 Å². The van der Waals surface area contributed by atoms with Crippen molar-refractivity contribution < 1.29 is 23.0 Å². The number of nitrogens with two attached hydrogens (primary N) is 1. The Kier molecular flexibility index (Phi) is 4.65. The molecule has 10 heteroatoms. The van der Waals surface area contributed by atoms with Gasteiger partial charge in [-0.15, -0.1) is 0 Å². The van der Waals surface area contributed by atoms with Crippen LogP contribution in [0.1, 0.15) is 37.1 Å². The Morgan fingerprint density at radius 2 is 1.97 bits per heavy atom. The molecule has 3 aromatic heterocycles. The number of halogens is 3. The van der Waals surface area contributed by atoms with Crippen LogP contribution in [-0.4, -0.2) is 43.4 Å². The smallest absolute Gasteiger partial charge is 0.378 e. The molecular formula is C22H20F3N5O2. The van der Waals surface area contributed by atoms with Gasteiger partial charge in [-0.3, -0.25) is 0 Å². The third-order valence-corrected chi connectivity index (χ3v) is 5.92. The molecule has 1 aliphatic heterocycles. The van der Waals surface area contributed by atoms with Crippen molar-refractivity contribution in [1.82, 2.24) is 19.5 Å². The molecule has 0 bridgehead atoms. The van der Waals surface area contributed by atoms with Crippen LogP contribution in [0.4, 0.5) is 19.1 Å². The number of alkyl halides is 3. The lowest BCUT2D eigenvalue weighted by molar-refractivity contribution is -0.137. The van der Waals surface area contributed by atoms with Crippen LogP contribution in [0.15, 0.2) is 24.7 Å². The zero-order valence-electron chi connectivity index (χ0n) is 17.1. The number of nitrogens with zero attached hydrogens (tertiary/aromatic N) is 4. The monoisotopic (exact) mass is 443 g/mol. The van der Waals surface area contributed by atoms with Gasteiger partial charge in [0, 0.05) is 23.3 Å². The molecule has 0 amide bonds. The van der Waals surface area contributed by atoms with Gasteiger partial charge >= 0.3 is 6.18 Å². The van der Waals surface area contributed by atoms with Gasteiger partial charge in [-0.05, 0) is 37.7 Å². The molecule has 5 rings (SSSR count). The standard InChI is InChI=1S/C22H20F3N5O2/c1-21(31,12-2-3-12)5-4-13-6-15-16(9-30(14-10-32-11-14)18(15)8-27-13)19-17(22(23,24)25)7-28-20(26)29-19/h6-9,12,14,31H,2-3,10-11H2,1H3,(H2,26,28,29). The van der Waals surface area contributed by atoms with E-state index in [0.717, 1.165) is 12.8 Å². The van der Waals surface area contributed by atoms with Gasteiger partial charge < -0.3 is 20.1 Å². The first-order chi connectivity index (χ1) is 15.1. The molecule has 1 saturated heterocycles. The Hall–Kier alpha value is -3.16. The van der Waals surface area contributed by atoms with E-state index in [4.69, 9.17) is 10.5 Å². The zero-order valence-corrected chi connectivity index (χ0v) is 17.1. The molecule has 1 unspecified atom stereocenters. The highest BCUT2D eigenvalue weighted by molar-refractivity contribution is 5.96. The molecule has 2 fully saturated rings. The summed E-state index contributed by atoms with van der Waals surface area (Å²) >= 11 is 0. The number of pyridine rings is 1. The fourth-order valence-electron chi connectivity index (χ4n) is 3.84. The van der Waals surface area contributed by atoms with E-state index in [1.807, 2.05) is 4.57 Å². The van der Waals surface area contributed by atoms with Gasteiger partial charge in [0.1, 0.15) is 16.9 Å². The summed E-state index contributed by atoms with van der Waals surface area (Å²) in [5.74, 6) is 5.60. The Morgan fingerprint density at radius 3 is 2.59 bits per heavy atom. The molecule has 2 aliphatic rings. The maximum atomic E-state index is 13.7. The molecule has 3 aromatic rings. The molecular weight excluding hydrogens is 423 g/mol. The maximum absolute atomic E-state index is 13.7. The van der Waals surface area contributed by atoms with Crippen molar-refractivity contribution in [3.8, 4) is 23.1 Å². The van der Waals surface area contributed by atoms with Crippen LogP contribution in [0.5, 0.6) is 0 Å². The molecule has 1 saturated carbocycles. The zero-order chi connectivity index (χ0) is 22.7. The SMILES string of the molecule is CC(O)(C#Cc1cc2c(-c3nc(N)ncc3C(F)(F)F)cn(C3COC3)c2cn1)C1CC1. The lowest BCUT2D eigenvalue weighted by Crippen LogP contribution is -2.30. The van der Waals surface area contributed by atoms with E-state index >= 15 is 0 Å². The van der Waals surface area contributed by atoms with Crippen LogP contribution in [0, 0.1) is 17.8 Å². The lowest BCUT2D eigenvalue weighted by atomic mass is 10.0. The van der Waals surface area contributed by atoms with Gasteiger partial charge in [-0.1, -0.05) is 5.92 Å². The molecule has 7 nitrogen and oxygen atoms in total. The minimum absolute atomic E-state index is 0.0193. The second-order valence-corrected chi connectivity index (χ2v) is 8.39. The number of aromatic nitrogens is 4. The largest absolute Gasteiger partial charge is 0.419 e. The quantitative estimate of drug-likeness (QED) is 0.604. The van der Waals surface area contributed by atoms with Gasteiger partial charge in [0.15, 0.2) is 0 Å². The maximum Gasteiger partial charge on any atom is 0.419 e. The molecule has 4 heterocycles. The molecule has 1 aliphatic carbocycles. The van der Waals surface area contributed by atoms with Crippen LogP contribution in [0.2, 0.25) is 0 Å². The summed E-state index contributed by atoms with van der Waals surface area (Å²) in [6, 6.07) is 1.60. The summed E-state index contributed by atoms with van der Waals surface area (Å²) < 4.78 is 48.2. The predicted molar refractivity (Wildman–Crippen MR) is 110 cm³/mol. The number of hydrogen-bond acceptors (Lipinski definition) is 6. The number of rotatable bonds is 3. The Labute approximate surface area is 181 Å². The number of aliphatic hydroxyl groups is 1. The molecule has 0 aromatic carbocycles. The highest BCUT2D eigenvalue weighted by atomic mass is 19.4. The van der Waals surface area contributed by atoms with Crippen LogP contribution in [0.25, 0.3) is 22.2 Å². The minimum Gasteiger partial charge on any atom is -0.378 e. The second kappa shape index (κ2) is 7.18. The van der Waals surface area contributed by atoms with Crippen molar-refractivity contribution in [2.45, 2.75) is 37.6 Å². The van der Waals surface area contributed by atoms with Crippen LogP contribution < -0.4 is 5.73 Å². The Bertz CT molecular complexity index is 1260. The predicted octanol–water partition coefficient (Wildman–Crippen LogP) is 3.18. The van der Waals surface area contributed by atoms with E-state index in [1.165, 1.54) is 0 Å². The fourth-order valence-corrected chi connectivity index (χ4v) is 3.84. The normalized spacial score (nSPS) is 18.7. The van der Waals surface area contributed by atoms with E-state index in [9.17, 15) is 18.3 Å². The van der Waals surface area contributed by atoms with Crippen molar-refractivity contribution in [2.75, 3.05) is 18.9 Å². The van der Waals surface area contributed by atoms with Crippen molar-refractivity contribution >= 4 is 16.9 Å². The number of anilines is 1. The molecule has 3 N–H and O–H groups in total. The fraction of sp³-hybridized carbons (Fsp3) is 0.409. The summed E-state index contributed by atoms with van der Waals surface area (Å²) in [5, 5.41) is 11.0. The third kappa shape index (κ3) is 3.67. The van der Waals surface area contributed by atoms with Crippen molar-refractivity contribution in [1.29, 1.82) is 0 Å². The first kappa shape index (κ1) is 20.7. The van der Waals surface area contributed by atoms with Gasteiger partial charge in [-0.25, -0.2) is 15.0 Å². The van der Waals surface area contributed by atoms with Crippen molar-refractivity contribution in [3.05, 3.63) is 35.9 Å². The van der Waals surface area contributed by atoms with Gasteiger partial charge in [0.25, 0.3) is 0 Å². The van der Waals surface area contributed by atoms with E-state index in [-0.39, 0.29) is 29.2 Å². The first-order valence-corrected chi connectivity index (χ1v) is 10.2. The van der Waals surface area contributed by atoms with E-state index in [2.05, 4.69) is 26.8 Å². The number of fused-ring (bicyclic) bond motifs is 1. The summed E-state index contributed by atoms with van der Waals surface area (Å²) in [6.45, 7) is 2.56. The summed E-state index contributed by atoms with van der Waals surface area (Å²) in [5.41, 5.74) is 4.47. The third-order valence-electron chi connectivity index (χ3n) is 5.92. The minimum atomic E-state index is -4.66. The molecule has 0 spiro atoms. The number of ether oxygens (including phenoxy) is 1. The van der Waals surface area contributed by atoms with Crippen LogP contribution in [0.3, 0.4) is 0 Å². The molecule has 166 valence electrons. The van der Waals surface area contributed by atoms with Gasteiger partial charge in [-0.2, -0.15) is 13.2 Å². The van der Waals surface area contributed by atoms with E-state index < -0.39 is 17.3 Å². The van der Waals surface area contributed by atoms with Gasteiger partial charge in [0.2, 0.25) is 5.95 Å². The van der Waals surface area contributed by atoms with Gasteiger partial charge in [0.05, 0.1) is 36.7 Å². The summed E-state index contributed by atoms with van der Waals surface area (Å²) in [4.78, 5) is 11.8. The topological polar surface area (TPSA) is 99.1 Å². The second-order valence-electron chi connectivity index (χ2n) is 8.39. The Balaban J connectivity index is 1.69. The van der Waals surface area contributed by atoms with E-state index in [1.54, 1.807) is 25.4 Å². The number of hydrogen-bond donors (Lipinski definition) is 2. The Morgan fingerprint density at radius 1 is 1.22 bits per heavy atom. The highest BCUT2D eigenvalue weighted by Gasteiger charge is 2.39. The lowest BCUT2D eigenvalue weighted by Gasteiger charge is -2.28. The average Bonchev–Trinajstić information content (AvgIpc) is 3.48. The molecule has 32 heavy (non-hydrogen) atoms. The summed E-state index contributed by atoms with van der Waals surface area (Å²) in [7, 11) is 0. The van der Waals surface area contributed by atoms with Crippen LogP contribution >= 0.6 is 0 Å². The summed E-state index contributed by atoms with van der Waals surface area (Å²) in [6.07, 6.45) is 1.07. The van der Waals surface area contributed by atoms with Crippen LogP contribution in [-0.2, 0) is 10.9 Å². The molecule has 0 radical (unpaired) electrons. The average molecular weight is 443 g/mol. The number of nitrogen functional groups attached to an aromatic ring is 1. The highest BCUT2D eigenvalue weighted by Crippen LogP contribution is 2.41. The molecule has 1 atom stereocenters.